The van der Waals surface area contributed by atoms with Crippen molar-refractivity contribution in [2.75, 3.05) is 7.11 Å². The second-order valence-corrected chi connectivity index (χ2v) is 5.98. The van der Waals surface area contributed by atoms with Crippen LogP contribution in [0.25, 0.3) is 5.70 Å². The molecule has 26 heavy (non-hydrogen) atoms. The van der Waals surface area contributed by atoms with Gasteiger partial charge in [-0.15, -0.1) is 0 Å². The number of carbonyl (C=O) groups is 1. The average Bonchev–Trinajstić information content (AvgIpc) is 3.09. The van der Waals surface area contributed by atoms with Crippen molar-refractivity contribution in [2.45, 2.75) is 19.1 Å². The highest BCUT2D eigenvalue weighted by molar-refractivity contribution is 5.89. The van der Waals surface area contributed by atoms with E-state index in [1.165, 1.54) is 0 Å². The summed E-state index contributed by atoms with van der Waals surface area (Å²) in [4.78, 5) is 17.2. The molecule has 0 bridgehead atoms. The minimum absolute atomic E-state index is 0.414. The second kappa shape index (κ2) is 7.47. The molecule has 0 radical (unpaired) electrons. The van der Waals surface area contributed by atoms with Crippen LogP contribution in [0, 0.1) is 0 Å². The van der Waals surface area contributed by atoms with E-state index in [0.717, 1.165) is 11.1 Å². The largest absolute Gasteiger partial charge is 0.493 e. The number of rotatable bonds is 6. The van der Waals surface area contributed by atoms with Gasteiger partial charge in [0.1, 0.15) is 6.61 Å². The van der Waals surface area contributed by atoms with Crippen LogP contribution in [-0.4, -0.2) is 18.6 Å². The molecule has 7 nitrogen and oxygen atoms in total. The van der Waals surface area contributed by atoms with E-state index in [2.05, 4.69) is 10.9 Å². The predicted octanol–water partition coefficient (Wildman–Crippen LogP) is 1.90. The van der Waals surface area contributed by atoms with Gasteiger partial charge in [0.15, 0.2) is 17.1 Å². The van der Waals surface area contributed by atoms with Gasteiger partial charge in [0, 0.05) is 5.56 Å². The van der Waals surface area contributed by atoms with Crippen molar-refractivity contribution in [1.29, 1.82) is 0 Å². The van der Waals surface area contributed by atoms with Crippen LogP contribution in [-0.2, 0) is 16.2 Å². The summed E-state index contributed by atoms with van der Waals surface area (Å²) in [5.74, 6) is 5.96. The number of carbonyl (C=O) groups excluding carboxylic acids is 1. The number of hydrazine groups is 1. The van der Waals surface area contributed by atoms with Crippen molar-refractivity contribution in [2.24, 2.45) is 5.84 Å². The first-order valence-electron chi connectivity index (χ1n) is 8.09. The van der Waals surface area contributed by atoms with Crippen LogP contribution < -0.4 is 26.2 Å². The molecule has 0 saturated carbocycles. The summed E-state index contributed by atoms with van der Waals surface area (Å²) >= 11 is 0. The number of hydroxylamine groups is 1. The quantitative estimate of drug-likeness (QED) is 0.416. The molecule has 3 rings (SSSR count). The van der Waals surface area contributed by atoms with E-state index < -0.39 is 11.5 Å². The molecule has 0 aromatic heterocycles. The molecule has 1 heterocycles. The Balaban J connectivity index is 1.83. The SMILES string of the molecule is COc1ccc(C2=CC(C)(C(=O)NN)ON2)cc1OCc1ccccc1. The molecule has 1 aliphatic heterocycles. The normalized spacial score (nSPS) is 18.7. The van der Waals surface area contributed by atoms with Crippen molar-refractivity contribution in [3.8, 4) is 11.5 Å². The van der Waals surface area contributed by atoms with Crippen LogP contribution >= 0.6 is 0 Å². The van der Waals surface area contributed by atoms with Gasteiger partial charge < -0.3 is 9.47 Å². The maximum Gasteiger partial charge on any atom is 0.272 e. The lowest BCUT2D eigenvalue weighted by Crippen LogP contribution is -2.47. The summed E-state index contributed by atoms with van der Waals surface area (Å²) in [6, 6.07) is 15.3. The smallest absolute Gasteiger partial charge is 0.272 e. The number of amides is 1. The summed E-state index contributed by atoms with van der Waals surface area (Å²) in [5.41, 5.74) is 6.16. The Morgan fingerprint density at radius 2 is 2.00 bits per heavy atom. The van der Waals surface area contributed by atoms with Crippen LogP contribution in [0.3, 0.4) is 0 Å². The summed E-state index contributed by atoms with van der Waals surface area (Å²) < 4.78 is 11.3. The topological polar surface area (TPSA) is 94.8 Å². The molecule has 4 N–H and O–H groups in total. The van der Waals surface area contributed by atoms with Gasteiger partial charge in [-0.3, -0.25) is 20.5 Å². The summed E-state index contributed by atoms with van der Waals surface area (Å²) in [6.45, 7) is 2.03. The standard InChI is InChI=1S/C19H21N3O4/c1-19(18(23)21-20)11-15(22-26-19)14-8-9-16(24-2)17(10-14)25-12-13-6-4-3-5-7-13/h3-11,22H,12,20H2,1-2H3,(H,21,23). The van der Waals surface area contributed by atoms with Crippen molar-refractivity contribution in [3.63, 3.8) is 0 Å². The number of benzene rings is 2. The van der Waals surface area contributed by atoms with Crippen molar-refractivity contribution < 1.29 is 19.1 Å². The fourth-order valence-corrected chi connectivity index (χ4v) is 2.59. The van der Waals surface area contributed by atoms with E-state index in [1.807, 2.05) is 42.5 Å². The Morgan fingerprint density at radius 1 is 1.23 bits per heavy atom. The Morgan fingerprint density at radius 3 is 2.69 bits per heavy atom. The molecule has 0 fully saturated rings. The number of hydrogen-bond donors (Lipinski definition) is 3. The molecule has 0 aliphatic carbocycles. The zero-order chi connectivity index (χ0) is 18.6. The molecule has 1 amide bonds. The van der Waals surface area contributed by atoms with Gasteiger partial charge in [0.25, 0.3) is 5.91 Å². The first-order chi connectivity index (χ1) is 12.6. The van der Waals surface area contributed by atoms with Crippen LogP contribution in [0.1, 0.15) is 18.1 Å². The minimum atomic E-state index is -1.19. The molecule has 0 spiro atoms. The van der Waals surface area contributed by atoms with E-state index in [0.29, 0.717) is 23.8 Å². The Kier molecular flexibility index (Phi) is 5.11. The third-order valence-electron chi connectivity index (χ3n) is 4.09. The Labute approximate surface area is 151 Å². The van der Waals surface area contributed by atoms with Gasteiger partial charge in [-0.1, -0.05) is 30.3 Å². The van der Waals surface area contributed by atoms with Gasteiger partial charge in [-0.05, 0) is 36.8 Å². The molecule has 1 unspecified atom stereocenters. The zero-order valence-corrected chi connectivity index (χ0v) is 14.6. The Hall–Kier alpha value is -3.03. The van der Waals surface area contributed by atoms with Gasteiger partial charge in [-0.2, -0.15) is 0 Å². The van der Waals surface area contributed by atoms with Gasteiger partial charge >= 0.3 is 0 Å². The molecule has 2 aromatic rings. The molecular formula is C19H21N3O4. The fourth-order valence-electron chi connectivity index (χ4n) is 2.59. The lowest BCUT2D eigenvalue weighted by Gasteiger charge is -2.16. The minimum Gasteiger partial charge on any atom is -0.493 e. The molecule has 0 saturated heterocycles. The fraction of sp³-hybridized carbons (Fsp3) is 0.211. The van der Waals surface area contributed by atoms with E-state index in [4.69, 9.17) is 20.2 Å². The van der Waals surface area contributed by atoms with Gasteiger partial charge in [0.05, 0.1) is 12.8 Å². The number of nitrogens with one attached hydrogen (secondary N) is 2. The maximum absolute atomic E-state index is 11.8. The van der Waals surface area contributed by atoms with Crippen molar-refractivity contribution in [1.82, 2.24) is 10.9 Å². The molecule has 136 valence electrons. The summed E-state index contributed by atoms with van der Waals surface area (Å²) in [5, 5.41) is 0. The number of methoxy groups -OCH3 is 1. The molecule has 1 atom stereocenters. The van der Waals surface area contributed by atoms with Crippen LogP contribution in [0.5, 0.6) is 11.5 Å². The highest BCUT2D eigenvalue weighted by Crippen LogP contribution is 2.33. The third kappa shape index (κ3) is 3.63. The monoisotopic (exact) mass is 355 g/mol. The number of ether oxygens (including phenoxy) is 2. The number of nitrogens with two attached hydrogens (primary N) is 1. The summed E-state index contributed by atoms with van der Waals surface area (Å²) in [6.07, 6.45) is 1.66. The maximum atomic E-state index is 11.8. The average molecular weight is 355 g/mol. The highest BCUT2D eigenvalue weighted by atomic mass is 16.7. The van der Waals surface area contributed by atoms with E-state index >= 15 is 0 Å². The Bertz CT molecular complexity index is 823. The highest BCUT2D eigenvalue weighted by Gasteiger charge is 2.38. The summed E-state index contributed by atoms with van der Waals surface area (Å²) in [7, 11) is 1.59. The molecule has 7 heteroatoms. The third-order valence-corrected chi connectivity index (χ3v) is 4.09. The van der Waals surface area contributed by atoms with E-state index in [-0.39, 0.29) is 0 Å². The zero-order valence-electron chi connectivity index (χ0n) is 14.6. The molecular weight excluding hydrogens is 334 g/mol. The van der Waals surface area contributed by atoms with Crippen molar-refractivity contribution >= 4 is 11.6 Å². The first kappa shape index (κ1) is 17.8. The van der Waals surface area contributed by atoms with E-state index in [1.54, 1.807) is 26.2 Å². The lowest BCUT2D eigenvalue weighted by atomic mass is 10.0. The number of hydrogen-bond acceptors (Lipinski definition) is 6. The van der Waals surface area contributed by atoms with E-state index in [9.17, 15) is 4.79 Å². The molecule has 2 aromatic carbocycles. The van der Waals surface area contributed by atoms with Crippen LogP contribution in [0.2, 0.25) is 0 Å². The van der Waals surface area contributed by atoms with Crippen molar-refractivity contribution in [3.05, 3.63) is 65.7 Å². The first-order valence-corrected chi connectivity index (χ1v) is 8.09. The van der Waals surface area contributed by atoms with Crippen LogP contribution in [0.15, 0.2) is 54.6 Å². The lowest BCUT2D eigenvalue weighted by molar-refractivity contribution is -0.141. The van der Waals surface area contributed by atoms with Crippen LogP contribution in [0.4, 0.5) is 0 Å². The van der Waals surface area contributed by atoms with Gasteiger partial charge in [0.2, 0.25) is 0 Å². The molecule has 1 aliphatic rings. The predicted molar refractivity (Wildman–Crippen MR) is 96.7 cm³/mol. The second-order valence-electron chi connectivity index (χ2n) is 5.98. The van der Waals surface area contributed by atoms with Gasteiger partial charge in [-0.25, -0.2) is 5.84 Å².